The summed E-state index contributed by atoms with van der Waals surface area (Å²) in [5.41, 5.74) is 4.24. The average Bonchev–Trinajstić information content (AvgIpc) is 2.65. The number of ether oxygens (including phenoxy) is 1. The van der Waals surface area contributed by atoms with Gasteiger partial charge in [0.15, 0.2) is 0 Å². The topological polar surface area (TPSA) is 12.5 Å². The fourth-order valence-electron chi connectivity index (χ4n) is 3.09. The van der Waals surface area contributed by atoms with E-state index in [0.717, 1.165) is 18.8 Å². The third-order valence-electron chi connectivity index (χ3n) is 4.17. The number of hydrogen-bond donors (Lipinski definition) is 0. The highest BCUT2D eigenvalue weighted by Gasteiger charge is 2.22. The lowest BCUT2D eigenvalue weighted by Crippen LogP contribution is -2.17. The van der Waals surface area contributed by atoms with E-state index in [2.05, 4.69) is 60.5 Å². The van der Waals surface area contributed by atoms with E-state index >= 15 is 0 Å². The molecule has 0 aromatic heterocycles. The molecule has 0 bridgehead atoms. The third-order valence-corrected chi connectivity index (χ3v) is 4.17. The Balaban J connectivity index is 0.00000161. The first-order valence-corrected chi connectivity index (χ1v) is 7.18. The maximum Gasteiger partial charge on any atom is 0.119 e. The summed E-state index contributed by atoms with van der Waals surface area (Å²) in [6.07, 6.45) is 1.17. The molecule has 0 saturated heterocycles. The van der Waals surface area contributed by atoms with Crippen molar-refractivity contribution in [3.8, 4) is 5.75 Å². The largest absolute Gasteiger partial charge is 0.497 e. The summed E-state index contributed by atoms with van der Waals surface area (Å²) in [7, 11) is 3.92. The van der Waals surface area contributed by atoms with Crippen LogP contribution in [0.15, 0.2) is 48.5 Å². The Kier molecular flexibility index (Phi) is 5.27. The zero-order valence-corrected chi connectivity index (χ0v) is 13.4. The Morgan fingerprint density at radius 1 is 1.10 bits per heavy atom. The van der Waals surface area contributed by atoms with Crippen molar-refractivity contribution in [2.75, 3.05) is 20.7 Å². The maximum absolute atomic E-state index is 5.38. The van der Waals surface area contributed by atoms with Crippen LogP contribution in [0.3, 0.4) is 0 Å². The van der Waals surface area contributed by atoms with Crippen LogP contribution in [0.5, 0.6) is 5.75 Å². The Morgan fingerprint density at radius 3 is 2.57 bits per heavy atom. The van der Waals surface area contributed by atoms with Crippen LogP contribution in [0.4, 0.5) is 0 Å². The van der Waals surface area contributed by atoms with E-state index in [0.29, 0.717) is 5.92 Å². The van der Waals surface area contributed by atoms with Crippen LogP contribution < -0.4 is 4.74 Å². The van der Waals surface area contributed by atoms with Crippen LogP contribution in [-0.4, -0.2) is 25.6 Å². The van der Waals surface area contributed by atoms with Crippen LogP contribution in [0.25, 0.3) is 0 Å². The Labute approximate surface area is 133 Å². The molecule has 3 rings (SSSR count). The van der Waals surface area contributed by atoms with Crippen molar-refractivity contribution >= 4 is 12.4 Å². The molecule has 0 aliphatic carbocycles. The highest BCUT2D eigenvalue weighted by Crippen LogP contribution is 2.35. The number of methoxy groups -OCH3 is 1. The lowest BCUT2D eigenvalue weighted by Gasteiger charge is -2.18. The molecule has 1 aliphatic heterocycles. The molecular weight excluding hydrogens is 282 g/mol. The van der Waals surface area contributed by atoms with Gasteiger partial charge < -0.3 is 9.64 Å². The summed E-state index contributed by atoms with van der Waals surface area (Å²) < 4.78 is 5.38. The van der Waals surface area contributed by atoms with Gasteiger partial charge in [0, 0.05) is 12.5 Å². The van der Waals surface area contributed by atoms with Gasteiger partial charge in [0.1, 0.15) is 5.75 Å². The highest BCUT2D eigenvalue weighted by molar-refractivity contribution is 5.85. The number of rotatable bonds is 2. The summed E-state index contributed by atoms with van der Waals surface area (Å²) in [6.45, 7) is 2.12. The fourth-order valence-corrected chi connectivity index (χ4v) is 3.09. The summed E-state index contributed by atoms with van der Waals surface area (Å²) in [5, 5.41) is 0. The van der Waals surface area contributed by atoms with Gasteiger partial charge in [-0.1, -0.05) is 36.4 Å². The van der Waals surface area contributed by atoms with E-state index in [9.17, 15) is 0 Å². The molecule has 112 valence electrons. The molecule has 2 nitrogen and oxygen atoms in total. The normalized spacial score (nSPS) is 18.3. The first-order chi connectivity index (χ1) is 9.78. The molecule has 0 amide bonds. The van der Waals surface area contributed by atoms with E-state index in [1.54, 1.807) is 7.11 Å². The molecule has 2 aromatic carbocycles. The second-order valence-electron chi connectivity index (χ2n) is 5.55. The monoisotopic (exact) mass is 303 g/mol. The minimum Gasteiger partial charge on any atom is -0.497 e. The van der Waals surface area contributed by atoms with Crippen LogP contribution in [0.2, 0.25) is 0 Å². The predicted octanol–water partition coefficient (Wildman–Crippen LogP) is 4.08. The predicted molar refractivity (Wildman–Crippen MR) is 89.5 cm³/mol. The molecule has 0 fully saturated rings. The van der Waals surface area contributed by atoms with E-state index in [1.807, 2.05) is 0 Å². The van der Waals surface area contributed by atoms with Gasteiger partial charge in [0.25, 0.3) is 0 Å². The van der Waals surface area contributed by atoms with Crippen molar-refractivity contribution in [3.05, 3.63) is 65.2 Å². The molecule has 0 N–H and O–H groups in total. The summed E-state index contributed by atoms with van der Waals surface area (Å²) in [6, 6.07) is 17.3. The van der Waals surface area contributed by atoms with Crippen LogP contribution in [0.1, 0.15) is 29.0 Å². The number of nitrogens with zero attached hydrogens (tertiary/aromatic N) is 1. The molecule has 1 aliphatic rings. The molecule has 1 atom stereocenters. The molecular formula is C18H22ClNO. The molecule has 1 unspecified atom stereocenters. The molecule has 0 radical (unpaired) electrons. The van der Waals surface area contributed by atoms with E-state index in [-0.39, 0.29) is 12.4 Å². The lowest BCUT2D eigenvalue weighted by atomic mass is 9.86. The summed E-state index contributed by atoms with van der Waals surface area (Å²) >= 11 is 0. The standard InChI is InChI=1S/C18H21NO.ClH/c1-19-11-10-18(14-6-4-3-5-7-14)17-9-8-16(20-2)12-15(17)13-19;/h3-9,12,18H,10-11,13H2,1-2H3;1H. The van der Waals surface area contributed by atoms with Gasteiger partial charge in [-0.25, -0.2) is 0 Å². The highest BCUT2D eigenvalue weighted by atomic mass is 35.5. The first-order valence-electron chi connectivity index (χ1n) is 7.18. The minimum absolute atomic E-state index is 0. The van der Waals surface area contributed by atoms with Crippen molar-refractivity contribution < 1.29 is 4.74 Å². The van der Waals surface area contributed by atoms with Crippen molar-refractivity contribution in [2.45, 2.75) is 18.9 Å². The quantitative estimate of drug-likeness (QED) is 0.829. The van der Waals surface area contributed by atoms with Gasteiger partial charge in [-0.2, -0.15) is 0 Å². The lowest BCUT2D eigenvalue weighted by molar-refractivity contribution is 0.327. The van der Waals surface area contributed by atoms with E-state index in [1.165, 1.54) is 23.1 Å². The number of halogens is 1. The summed E-state index contributed by atoms with van der Waals surface area (Å²) in [5.74, 6) is 1.44. The fraction of sp³-hybridized carbons (Fsp3) is 0.333. The average molecular weight is 304 g/mol. The first kappa shape index (κ1) is 15.9. The Morgan fingerprint density at radius 2 is 1.86 bits per heavy atom. The number of fused-ring (bicyclic) bond motifs is 1. The number of hydrogen-bond acceptors (Lipinski definition) is 2. The van der Waals surface area contributed by atoms with Gasteiger partial charge in [-0.3, -0.25) is 0 Å². The molecule has 0 saturated carbocycles. The second-order valence-corrected chi connectivity index (χ2v) is 5.55. The zero-order valence-electron chi connectivity index (χ0n) is 12.6. The molecule has 3 heteroatoms. The number of benzene rings is 2. The van der Waals surface area contributed by atoms with Crippen LogP contribution in [0, 0.1) is 0 Å². The van der Waals surface area contributed by atoms with Crippen molar-refractivity contribution in [1.29, 1.82) is 0 Å². The van der Waals surface area contributed by atoms with Crippen molar-refractivity contribution in [1.82, 2.24) is 4.90 Å². The van der Waals surface area contributed by atoms with Gasteiger partial charge in [-0.05, 0) is 48.8 Å². The maximum atomic E-state index is 5.38. The zero-order chi connectivity index (χ0) is 13.9. The molecule has 0 spiro atoms. The smallest absolute Gasteiger partial charge is 0.119 e. The Hall–Kier alpha value is -1.51. The van der Waals surface area contributed by atoms with Crippen LogP contribution in [-0.2, 0) is 6.54 Å². The van der Waals surface area contributed by atoms with Gasteiger partial charge >= 0.3 is 0 Å². The molecule has 2 aromatic rings. The van der Waals surface area contributed by atoms with Crippen molar-refractivity contribution in [3.63, 3.8) is 0 Å². The van der Waals surface area contributed by atoms with E-state index < -0.39 is 0 Å². The van der Waals surface area contributed by atoms with Crippen molar-refractivity contribution in [2.24, 2.45) is 0 Å². The SMILES string of the molecule is COc1ccc2c(c1)CN(C)CCC2c1ccccc1.Cl. The summed E-state index contributed by atoms with van der Waals surface area (Å²) in [4.78, 5) is 2.39. The third kappa shape index (κ3) is 3.39. The van der Waals surface area contributed by atoms with Gasteiger partial charge in [-0.15, -0.1) is 12.4 Å². The second kappa shape index (κ2) is 6.97. The Bertz CT molecular complexity index is 585. The van der Waals surface area contributed by atoms with Gasteiger partial charge in [0.05, 0.1) is 7.11 Å². The minimum atomic E-state index is 0. The van der Waals surface area contributed by atoms with Crippen LogP contribution >= 0.6 is 12.4 Å². The van der Waals surface area contributed by atoms with Gasteiger partial charge in [0.2, 0.25) is 0 Å². The molecule has 21 heavy (non-hydrogen) atoms. The molecule has 1 heterocycles. The van der Waals surface area contributed by atoms with E-state index in [4.69, 9.17) is 4.74 Å².